The minimum atomic E-state index is -2.99. The van der Waals surface area contributed by atoms with Gasteiger partial charge >= 0.3 is 6.61 Å². The van der Waals surface area contributed by atoms with Crippen LogP contribution in [0.25, 0.3) is 0 Å². The molecular formula is C9H6BrClF2O2. The van der Waals surface area contributed by atoms with Crippen molar-refractivity contribution in [2.45, 2.75) is 13.5 Å². The first-order valence-corrected chi connectivity index (χ1v) is 5.04. The smallest absolute Gasteiger partial charge is 0.387 e. The fourth-order valence-corrected chi connectivity index (χ4v) is 1.88. The molecule has 0 saturated carbocycles. The molecular weight excluding hydrogens is 293 g/mol. The number of rotatable bonds is 3. The molecule has 0 spiro atoms. The van der Waals surface area contributed by atoms with Gasteiger partial charge in [-0.3, -0.25) is 4.79 Å². The van der Waals surface area contributed by atoms with Gasteiger partial charge in [0.25, 0.3) is 0 Å². The maximum absolute atomic E-state index is 12.0. The van der Waals surface area contributed by atoms with Crippen molar-refractivity contribution in [2.75, 3.05) is 0 Å². The van der Waals surface area contributed by atoms with Crippen molar-refractivity contribution in [2.24, 2.45) is 0 Å². The fraction of sp³-hybridized carbons (Fsp3) is 0.222. The number of carbonyl (C=O) groups excluding carboxylic acids is 1. The van der Waals surface area contributed by atoms with Gasteiger partial charge in [0.1, 0.15) is 0 Å². The standard InChI is InChI=1S/C9H6BrClF2O2/c1-4(14)5-2-3-6(10)8(7(5)11)15-9(12)13/h2-3,9H,1H3. The van der Waals surface area contributed by atoms with Crippen molar-refractivity contribution < 1.29 is 18.3 Å². The number of hydrogen-bond donors (Lipinski definition) is 0. The summed E-state index contributed by atoms with van der Waals surface area (Å²) in [7, 11) is 0. The van der Waals surface area contributed by atoms with Gasteiger partial charge in [-0.15, -0.1) is 0 Å². The van der Waals surface area contributed by atoms with Crippen LogP contribution in [0.1, 0.15) is 17.3 Å². The lowest BCUT2D eigenvalue weighted by molar-refractivity contribution is -0.0503. The molecule has 0 aliphatic rings. The summed E-state index contributed by atoms with van der Waals surface area (Å²) >= 11 is 8.75. The Hall–Kier alpha value is -0.680. The van der Waals surface area contributed by atoms with E-state index in [0.717, 1.165) is 0 Å². The molecule has 0 heterocycles. The first-order valence-electron chi connectivity index (χ1n) is 3.87. The second-order valence-corrected chi connectivity index (χ2v) is 3.91. The first kappa shape index (κ1) is 12.4. The lowest BCUT2D eigenvalue weighted by Gasteiger charge is -2.10. The van der Waals surface area contributed by atoms with E-state index in [1.165, 1.54) is 19.1 Å². The minimum absolute atomic E-state index is 0.114. The summed E-state index contributed by atoms with van der Waals surface area (Å²) in [5.41, 5.74) is 0.149. The number of ether oxygens (including phenoxy) is 1. The highest BCUT2D eigenvalue weighted by atomic mass is 79.9. The van der Waals surface area contributed by atoms with E-state index < -0.39 is 6.61 Å². The molecule has 1 rings (SSSR count). The largest absolute Gasteiger partial charge is 0.432 e. The van der Waals surface area contributed by atoms with E-state index in [1.54, 1.807) is 0 Å². The van der Waals surface area contributed by atoms with E-state index in [1.807, 2.05) is 0 Å². The molecule has 82 valence electrons. The van der Waals surface area contributed by atoms with Gasteiger partial charge in [-0.05, 0) is 35.0 Å². The van der Waals surface area contributed by atoms with Crippen LogP contribution < -0.4 is 4.74 Å². The predicted molar refractivity (Wildman–Crippen MR) is 55.8 cm³/mol. The summed E-state index contributed by atoms with van der Waals surface area (Å²) in [5.74, 6) is -0.536. The highest BCUT2D eigenvalue weighted by Gasteiger charge is 2.17. The molecule has 15 heavy (non-hydrogen) atoms. The zero-order chi connectivity index (χ0) is 11.6. The van der Waals surface area contributed by atoms with Gasteiger partial charge in [0, 0.05) is 5.56 Å². The molecule has 0 atom stereocenters. The Balaban J connectivity index is 3.24. The van der Waals surface area contributed by atoms with Gasteiger partial charge in [-0.25, -0.2) is 0 Å². The molecule has 0 bridgehead atoms. The molecule has 0 aromatic heterocycles. The summed E-state index contributed by atoms with van der Waals surface area (Å²) in [5, 5.41) is -0.114. The second-order valence-electron chi connectivity index (χ2n) is 2.67. The van der Waals surface area contributed by atoms with Crippen molar-refractivity contribution in [1.29, 1.82) is 0 Å². The number of alkyl halides is 2. The van der Waals surface area contributed by atoms with E-state index in [4.69, 9.17) is 11.6 Å². The molecule has 2 nitrogen and oxygen atoms in total. The number of hydrogen-bond acceptors (Lipinski definition) is 2. The van der Waals surface area contributed by atoms with E-state index in [9.17, 15) is 13.6 Å². The third kappa shape index (κ3) is 2.89. The molecule has 0 N–H and O–H groups in total. The Kier molecular flexibility index (Phi) is 4.04. The van der Waals surface area contributed by atoms with E-state index in [2.05, 4.69) is 20.7 Å². The maximum Gasteiger partial charge on any atom is 0.387 e. The normalized spacial score (nSPS) is 10.5. The molecule has 0 radical (unpaired) electrons. The van der Waals surface area contributed by atoms with E-state index in [-0.39, 0.29) is 26.6 Å². The zero-order valence-corrected chi connectivity index (χ0v) is 9.90. The van der Waals surface area contributed by atoms with Gasteiger partial charge in [0.2, 0.25) is 0 Å². The van der Waals surface area contributed by atoms with Crippen LogP contribution in [-0.2, 0) is 0 Å². The summed E-state index contributed by atoms with van der Waals surface area (Å²) in [6.07, 6.45) is 0. The highest BCUT2D eigenvalue weighted by Crippen LogP contribution is 2.36. The van der Waals surface area contributed by atoms with Crippen LogP contribution >= 0.6 is 27.5 Å². The summed E-state index contributed by atoms with van der Waals surface area (Å²) in [4.78, 5) is 11.1. The molecule has 1 aromatic carbocycles. The Morgan fingerprint density at radius 2 is 2.13 bits per heavy atom. The van der Waals surface area contributed by atoms with Crippen LogP contribution in [0.3, 0.4) is 0 Å². The third-order valence-corrected chi connectivity index (χ3v) is 2.63. The first-order chi connectivity index (χ1) is 6.93. The van der Waals surface area contributed by atoms with Gasteiger partial charge in [0.15, 0.2) is 11.5 Å². The summed E-state index contributed by atoms with van der Waals surface area (Å²) in [6, 6.07) is 2.87. The Labute approximate surface area is 98.3 Å². The lowest BCUT2D eigenvalue weighted by Crippen LogP contribution is -2.05. The van der Waals surface area contributed by atoms with Crippen LogP contribution in [0.5, 0.6) is 5.75 Å². The van der Waals surface area contributed by atoms with Gasteiger partial charge < -0.3 is 4.74 Å². The fourth-order valence-electron chi connectivity index (χ4n) is 1.00. The SMILES string of the molecule is CC(=O)c1ccc(Br)c(OC(F)F)c1Cl. The van der Waals surface area contributed by atoms with Crippen LogP contribution in [0.2, 0.25) is 5.02 Å². The number of benzene rings is 1. The van der Waals surface area contributed by atoms with Crippen LogP contribution in [-0.4, -0.2) is 12.4 Å². The Morgan fingerprint density at radius 3 is 2.60 bits per heavy atom. The molecule has 0 aliphatic carbocycles. The van der Waals surface area contributed by atoms with Crippen molar-refractivity contribution in [1.82, 2.24) is 0 Å². The molecule has 1 aromatic rings. The molecule has 0 aliphatic heterocycles. The molecule has 0 saturated heterocycles. The monoisotopic (exact) mass is 298 g/mol. The lowest BCUT2D eigenvalue weighted by atomic mass is 10.1. The molecule has 0 amide bonds. The summed E-state index contributed by atoms with van der Waals surface area (Å²) < 4.78 is 28.5. The highest BCUT2D eigenvalue weighted by molar-refractivity contribution is 9.10. The van der Waals surface area contributed by atoms with Crippen LogP contribution in [0.4, 0.5) is 8.78 Å². The third-order valence-electron chi connectivity index (χ3n) is 1.64. The summed E-state index contributed by atoms with van der Waals surface area (Å²) in [6.45, 7) is -1.69. The average Bonchev–Trinajstić information content (AvgIpc) is 2.11. The Bertz CT molecular complexity index is 396. The predicted octanol–water partition coefficient (Wildman–Crippen LogP) is 3.91. The van der Waals surface area contributed by atoms with Crippen molar-refractivity contribution in [3.8, 4) is 5.75 Å². The number of halogens is 4. The van der Waals surface area contributed by atoms with Gasteiger partial charge in [-0.1, -0.05) is 11.6 Å². The average molecular weight is 299 g/mol. The van der Waals surface area contributed by atoms with Crippen molar-refractivity contribution in [3.05, 3.63) is 27.2 Å². The number of carbonyl (C=O) groups is 1. The molecule has 0 fully saturated rings. The molecule has 6 heteroatoms. The second kappa shape index (κ2) is 4.90. The van der Waals surface area contributed by atoms with Gasteiger partial charge in [0.05, 0.1) is 9.50 Å². The van der Waals surface area contributed by atoms with Crippen molar-refractivity contribution >= 4 is 33.3 Å². The van der Waals surface area contributed by atoms with Gasteiger partial charge in [-0.2, -0.15) is 8.78 Å². The minimum Gasteiger partial charge on any atom is -0.432 e. The maximum atomic E-state index is 12.0. The quantitative estimate of drug-likeness (QED) is 0.791. The van der Waals surface area contributed by atoms with E-state index in [0.29, 0.717) is 0 Å². The van der Waals surface area contributed by atoms with Crippen LogP contribution in [0, 0.1) is 0 Å². The number of Topliss-reactive ketones (excluding diaryl/α,β-unsaturated/α-hetero) is 1. The topological polar surface area (TPSA) is 26.3 Å². The van der Waals surface area contributed by atoms with Crippen LogP contribution in [0.15, 0.2) is 16.6 Å². The van der Waals surface area contributed by atoms with E-state index >= 15 is 0 Å². The Morgan fingerprint density at radius 1 is 1.53 bits per heavy atom. The number of ketones is 1. The molecule has 0 unspecified atom stereocenters. The van der Waals surface area contributed by atoms with Crippen molar-refractivity contribution in [3.63, 3.8) is 0 Å². The zero-order valence-electron chi connectivity index (χ0n) is 7.56.